The molecule has 0 saturated carbocycles. The van der Waals surface area contributed by atoms with Crippen molar-refractivity contribution in [3.63, 3.8) is 0 Å². The van der Waals surface area contributed by atoms with Crippen LogP contribution in [0.15, 0.2) is 23.1 Å². The van der Waals surface area contributed by atoms with E-state index in [1.54, 1.807) is 0 Å². The summed E-state index contributed by atoms with van der Waals surface area (Å²) in [6.45, 7) is 2.60. The van der Waals surface area contributed by atoms with Crippen LogP contribution in [0.25, 0.3) is 0 Å². The van der Waals surface area contributed by atoms with Gasteiger partial charge in [-0.25, -0.2) is 4.39 Å². The van der Waals surface area contributed by atoms with Crippen molar-refractivity contribution in [3.8, 4) is 0 Å². The van der Waals surface area contributed by atoms with Gasteiger partial charge in [0, 0.05) is 11.5 Å². The number of carbonyl (C=O) groups excluding carboxylic acids is 1. The van der Waals surface area contributed by atoms with E-state index in [4.69, 9.17) is 4.74 Å². The molecular formula is C13H16FNO2S. The van der Waals surface area contributed by atoms with Crippen molar-refractivity contribution in [2.24, 2.45) is 0 Å². The van der Waals surface area contributed by atoms with Crippen molar-refractivity contribution in [2.75, 3.05) is 6.61 Å². The highest BCUT2D eigenvalue weighted by atomic mass is 32.1. The lowest BCUT2D eigenvalue weighted by molar-refractivity contribution is 0.0710. The van der Waals surface area contributed by atoms with E-state index < -0.39 is 11.7 Å². The summed E-state index contributed by atoms with van der Waals surface area (Å²) >= 11 is 4.10. The van der Waals surface area contributed by atoms with Gasteiger partial charge in [0.25, 0.3) is 5.91 Å². The predicted octanol–water partition coefficient (Wildman–Crippen LogP) is 2.41. The minimum Gasteiger partial charge on any atom is -0.376 e. The molecule has 1 saturated heterocycles. The highest BCUT2D eigenvalue weighted by Gasteiger charge is 2.24. The van der Waals surface area contributed by atoms with Crippen LogP contribution in [0.3, 0.4) is 0 Å². The lowest BCUT2D eigenvalue weighted by Crippen LogP contribution is -2.41. The quantitative estimate of drug-likeness (QED) is 0.827. The molecule has 0 aromatic heterocycles. The van der Waals surface area contributed by atoms with Crippen LogP contribution in [-0.4, -0.2) is 24.7 Å². The first kappa shape index (κ1) is 13.4. The van der Waals surface area contributed by atoms with E-state index in [1.165, 1.54) is 18.2 Å². The molecular weight excluding hydrogens is 253 g/mol. The zero-order valence-corrected chi connectivity index (χ0v) is 11.0. The number of thiol groups is 1. The van der Waals surface area contributed by atoms with Gasteiger partial charge < -0.3 is 10.1 Å². The third kappa shape index (κ3) is 3.03. The van der Waals surface area contributed by atoms with Crippen molar-refractivity contribution < 1.29 is 13.9 Å². The van der Waals surface area contributed by atoms with Crippen LogP contribution >= 0.6 is 12.6 Å². The van der Waals surface area contributed by atoms with Crippen molar-refractivity contribution in [1.29, 1.82) is 0 Å². The number of hydrogen-bond acceptors (Lipinski definition) is 3. The number of amides is 1. The Kier molecular flexibility index (Phi) is 4.24. The third-order valence-corrected chi connectivity index (χ3v) is 3.35. The summed E-state index contributed by atoms with van der Waals surface area (Å²) in [5.41, 5.74) is 0.0207. The molecule has 1 aromatic carbocycles. The Morgan fingerprint density at radius 1 is 1.61 bits per heavy atom. The number of halogens is 1. The van der Waals surface area contributed by atoms with Crippen LogP contribution in [0.1, 0.15) is 30.1 Å². The zero-order valence-electron chi connectivity index (χ0n) is 10.1. The summed E-state index contributed by atoms with van der Waals surface area (Å²) in [4.78, 5) is 12.5. The van der Waals surface area contributed by atoms with Gasteiger partial charge in [-0.15, -0.1) is 12.6 Å². The molecule has 18 heavy (non-hydrogen) atoms. The summed E-state index contributed by atoms with van der Waals surface area (Å²) in [5, 5.41) is 2.77. The van der Waals surface area contributed by atoms with Crippen LogP contribution in [0, 0.1) is 5.82 Å². The van der Waals surface area contributed by atoms with Gasteiger partial charge in [0.1, 0.15) is 5.82 Å². The van der Waals surface area contributed by atoms with Gasteiger partial charge in [0.15, 0.2) is 0 Å². The summed E-state index contributed by atoms with van der Waals surface area (Å²) in [6, 6.07) is 4.06. The second-order valence-corrected chi connectivity index (χ2v) is 4.99. The second-order valence-electron chi connectivity index (χ2n) is 4.48. The normalized spacial score (nSPS) is 20.7. The van der Waals surface area contributed by atoms with Gasteiger partial charge >= 0.3 is 0 Å². The Hall–Kier alpha value is -1.07. The Bertz CT molecular complexity index is 447. The number of carbonyl (C=O) groups is 1. The van der Waals surface area contributed by atoms with E-state index in [1.807, 2.05) is 6.92 Å². The lowest BCUT2D eigenvalue weighted by atomic mass is 10.1. The molecule has 3 nitrogen and oxygen atoms in total. The van der Waals surface area contributed by atoms with E-state index >= 15 is 0 Å². The molecule has 0 bridgehead atoms. The average molecular weight is 269 g/mol. The molecule has 1 N–H and O–H groups in total. The predicted molar refractivity (Wildman–Crippen MR) is 69.6 cm³/mol. The van der Waals surface area contributed by atoms with E-state index in [0.717, 1.165) is 19.4 Å². The molecule has 2 atom stereocenters. The first-order valence-electron chi connectivity index (χ1n) is 5.99. The van der Waals surface area contributed by atoms with Gasteiger partial charge in [-0.1, -0.05) is 0 Å². The Balaban J connectivity index is 2.04. The van der Waals surface area contributed by atoms with Crippen LogP contribution in [0.5, 0.6) is 0 Å². The SMILES string of the molecule is CC(NC(=O)c1cc(S)ccc1F)C1CCCO1. The molecule has 98 valence electrons. The van der Waals surface area contributed by atoms with E-state index in [-0.39, 0.29) is 17.7 Å². The Labute approximate surface area is 111 Å². The minimum atomic E-state index is -0.537. The average Bonchev–Trinajstić information content (AvgIpc) is 2.85. The van der Waals surface area contributed by atoms with Gasteiger partial charge in [-0.2, -0.15) is 0 Å². The molecule has 2 unspecified atom stereocenters. The van der Waals surface area contributed by atoms with Crippen molar-refractivity contribution in [2.45, 2.75) is 36.8 Å². The van der Waals surface area contributed by atoms with Gasteiger partial charge in [0.05, 0.1) is 17.7 Å². The fourth-order valence-corrected chi connectivity index (χ4v) is 2.27. The van der Waals surface area contributed by atoms with Crippen molar-refractivity contribution >= 4 is 18.5 Å². The summed E-state index contributed by atoms with van der Waals surface area (Å²) in [6.07, 6.45) is 1.96. The third-order valence-electron chi connectivity index (χ3n) is 3.08. The standard InChI is InChI=1S/C13H16FNO2S/c1-8(12-3-2-6-17-12)15-13(16)10-7-9(18)4-5-11(10)14/h4-5,7-8,12,18H,2-3,6H2,1H3,(H,15,16). The van der Waals surface area contributed by atoms with Gasteiger partial charge in [-0.05, 0) is 38.0 Å². The maximum atomic E-state index is 13.5. The van der Waals surface area contributed by atoms with E-state index in [9.17, 15) is 9.18 Å². The molecule has 2 rings (SSSR count). The smallest absolute Gasteiger partial charge is 0.254 e. The highest BCUT2D eigenvalue weighted by Crippen LogP contribution is 2.17. The first-order valence-corrected chi connectivity index (χ1v) is 6.43. The number of benzene rings is 1. The maximum Gasteiger partial charge on any atom is 0.254 e. The van der Waals surface area contributed by atoms with Crippen molar-refractivity contribution in [1.82, 2.24) is 5.32 Å². The molecule has 1 fully saturated rings. The molecule has 1 aliphatic rings. The summed E-state index contributed by atoms with van der Waals surface area (Å²) in [7, 11) is 0. The molecule has 0 radical (unpaired) electrons. The van der Waals surface area contributed by atoms with E-state index in [0.29, 0.717) is 4.90 Å². The molecule has 1 heterocycles. The molecule has 5 heteroatoms. The first-order chi connectivity index (χ1) is 8.58. The zero-order chi connectivity index (χ0) is 13.1. The largest absolute Gasteiger partial charge is 0.376 e. The molecule has 0 aliphatic carbocycles. The molecule has 0 spiro atoms. The topological polar surface area (TPSA) is 38.3 Å². The fraction of sp³-hybridized carbons (Fsp3) is 0.462. The highest BCUT2D eigenvalue weighted by molar-refractivity contribution is 7.80. The Morgan fingerprint density at radius 2 is 2.39 bits per heavy atom. The Morgan fingerprint density at radius 3 is 3.06 bits per heavy atom. The number of ether oxygens (including phenoxy) is 1. The maximum absolute atomic E-state index is 13.5. The second kappa shape index (κ2) is 5.71. The molecule has 1 amide bonds. The van der Waals surface area contributed by atoms with Crippen LogP contribution in [-0.2, 0) is 4.74 Å². The lowest BCUT2D eigenvalue weighted by Gasteiger charge is -2.20. The number of nitrogens with one attached hydrogen (secondary N) is 1. The molecule has 1 aliphatic heterocycles. The number of hydrogen-bond donors (Lipinski definition) is 2. The monoisotopic (exact) mass is 269 g/mol. The van der Waals surface area contributed by atoms with Crippen LogP contribution in [0.4, 0.5) is 4.39 Å². The minimum absolute atomic E-state index is 0.0207. The molecule has 1 aromatic rings. The van der Waals surface area contributed by atoms with Gasteiger partial charge in [-0.3, -0.25) is 4.79 Å². The van der Waals surface area contributed by atoms with Crippen LogP contribution in [0.2, 0.25) is 0 Å². The van der Waals surface area contributed by atoms with Gasteiger partial charge in [0.2, 0.25) is 0 Å². The summed E-state index contributed by atoms with van der Waals surface area (Å²) < 4.78 is 19.0. The number of rotatable bonds is 3. The summed E-state index contributed by atoms with van der Waals surface area (Å²) in [5.74, 6) is -0.962. The van der Waals surface area contributed by atoms with Crippen molar-refractivity contribution in [3.05, 3.63) is 29.6 Å². The van der Waals surface area contributed by atoms with E-state index in [2.05, 4.69) is 17.9 Å². The van der Waals surface area contributed by atoms with Crippen LogP contribution < -0.4 is 5.32 Å². The fourth-order valence-electron chi connectivity index (χ4n) is 2.06.